The minimum atomic E-state index is -0.159. The van der Waals surface area contributed by atoms with Crippen LogP contribution in [0, 0.1) is 0 Å². The third kappa shape index (κ3) is 9.51. The molecule has 0 spiro atoms. The van der Waals surface area contributed by atoms with Gasteiger partial charge in [-0.05, 0) is 78.0 Å². The number of rotatable bonds is 8. The van der Waals surface area contributed by atoms with Gasteiger partial charge in [0.05, 0.1) is 11.1 Å². The third-order valence-electron chi connectivity index (χ3n) is 4.18. The molecule has 172 valence electrons. The van der Waals surface area contributed by atoms with Gasteiger partial charge in [0, 0.05) is 12.1 Å². The Morgan fingerprint density at radius 3 is 1.28 bits per heavy atom. The van der Waals surface area contributed by atoms with E-state index in [1.807, 2.05) is 39.8 Å². The highest BCUT2D eigenvalue weighted by atomic mass is 16.5. The Morgan fingerprint density at radius 1 is 0.688 bits per heavy atom. The van der Waals surface area contributed by atoms with Crippen molar-refractivity contribution in [3.05, 3.63) is 70.8 Å². The van der Waals surface area contributed by atoms with Crippen molar-refractivity contribution in [2.45, 2.75) is 41.5 Å². The van der Waals surface area contributed by atoms with Crippen LogP contribution in [0.1, 0.15) is 62.3 Å². The molecule has 0 saturated heterocycles. The second-order valence-electron chi connectivity index (χ2n) is 7.66. The number of carbonyl (C=O) groups is 2. The molecule has 2 aromatic carbocycles. The first-order valence-electron chi connectivity index (χ1n) is 10.2. The fourth-order valence-corrected chi connectivity index (χ4v) is 2.41. The minimum absolute atomic E-state index is 0.0396. The fraction of sp³-hybridized carbons (Fsp3) is 0.308. The summed E-state index contributed by atoms with van der Waals surface area (Å²) in [6, 6.07) is 9.39. The Balaban J connectivity index is 0.000000320. The predicted molar refractivity (Wildman–Crippen MR) is 126 cm³/mol. The van der Waals surface area contributed by atoms with E-state index in [0.29, 0.717) is 35.8 Å². The van der Waals surface area contributed by atoms with Crippen molar-refractivity contribution in [1.82, 2.24) is 0 Å². The standard InChI is InChI=1S/2C13H16O3/c2*1-9(2)6-7-16-11-4-5-12(10(3)14)13(15)8-11/h2*4-6,8,15H,7H2,1-3H3. The number of phenols is 2. The highest BCUT2D eigenvalue weighted by Gasteiger charge is 2.08. The Labute approximate surface area is 189 Å². The molecule has 0 atom stereocenters. The van der Waals surface area contributed by atoms with Gasteiger partial charge in [-0.25, -0.2) is 0 Å². The molecular weight excluding hydrogens is 408 g/mol. The topological polar surface area (TPSA) is 93.1 Å². The van der Waals surface area contributed by atoms with Gasteiger partial charge in [-0.15, -0.1) is 0 Å². The van der Waals surface area contributed by atoms with Gasteiger partial charge in [0.2, 0.25) is 0 Å². The first-order valence-corrected chi connectivity index (χ1v) is 10.2. The Hall–Kier alpha value is -3.54. The van der Waals surface area contributed by atoms with Gasteiger partial charge in [0.1, 0.15) is 36.2 Å². The normalized spacial score (nSPS) is 9.69. The van der Waals surface area contributed by atoms with Crippen molar-refractivity contribution in [1.29, 1.82) is 0 Å². The summed E-state index contributed by atoms with van der Waals surface area (Å²) in [4.78, 5) is 22.1. The molecule has 0 amide bonds. The summed E-state index contributed by atoms with van der Waals surface area (Å²) in [5.74, 6) is 0.714. The lowest BCUT2D eigenvalue weighted by atomic mass is 10.1. The van der Waals surface area contributed by atoms with Gasteiger partial charge < -0.3 is 19.7 Å². The maximum Gasteiger partial charge on any atom is 0.163 e. The predicted octanol–water partition coefficient (Wildman–Crippen LogP) is 5.88. The third-order valence-corrected chi connectivity index (χ3v) is 4.18. The number of carbonyl (C=O) groups excluding carboxylic acids is 2. The average molecular weight is 441 g/mol. The number of hydrogen-bond donors (Lipinski definition) is 2. The molecule has 0 fully saturated rings. The second-order valence-corrected chi connectivity index (χ2v) is 7.66. The van der Waals surface area contributed by atoms with Crippen LogP contribution in [0.15, 0.2) is 59.7 Å². The van der Waals surface area contributed by atoms with Crippen LogP contribution in [0.3, 0.4) is 0 Å². The largest absolute Gasteiger partial charge is 0.507 e. The second kappa shape index (κ2) is 13.0. The lowest BCUT2D eigenvalue weighted by Crippen LogP contribution is -1.96. The number of aromatic hydroxyl groups is 2. The van der Waals surface area contributed by atoms with Crippen LogP contribution < -0.4 is 9.47 Å². The highest BCUT2D eigenvalue weighted by molar-refractivity contribution is 5.97. The zero-order valence-electron chi connectivity index (χ0n) is 19.6. The lowest BCUT2D eigenvalue weighted by Gasteiger charge is -2.06. The van der Waals surface area contributed by atoms with Gasteiger partial charge in [-0.2, -0.15) is 0 Å². The monoisotopic (exact) mass is 440 g/mol. The highest BCUT2D eigenvalue weighted by Crippen LogP contribution is 2.24. The van der Waals surface area contributed by atoms with E-state index in [-0.39, 0.29) is 23.1 Å². The number of ether oxygens (including phenoxy) is 2. The summed E-state index contributed by atoms with van der Waals surface area (Å²) >= 11 is 0. The molecule has 0 bridgehead atoms. The van der Waals surface area contributed by atoms with Crippen molar-refractivity contribution in [3.63, 3.8) is 0 Å². The van der Waals surface area contributed by atoms with Crippen molar-refractivity contribution in [2.24, 2.45) is 0 Å². The van der Waals surface area contributed by atoms with Crippen LogP contribution in [0.5, 0.6) is 23.0 Å². The maximum atomic E-state index is 11.1. The summed E-state index contributed by atoms with van der Waals surface area (Å²) in [6.07, 6.45) is 3.88. The molecule has 0 saturated carbocycles. The average Bonchev–Trinajstić information content (AvgIpc) is 2.67. The van der Waals surface area contributed by atoms with Crippen molar-refractivity contribution in [3.8, 4) is 23.0 Å². The van der Waals surface area contributed by atoms with Gasteiger partial charge in [0.25, 0.3) is 0 Å². The number of allylic oxidation sites excluding steroid dienone is 2. The number of benzene rings is 2. The summed E-state index contributed by atoms with van der Waals surface area (Å²) in [7, 11) is 0. The van der Waals surface area contributed by atoms with Gasteiger partial charge in [-0.3, -0.25) is 9.59 Å². The van der Waals surface area contributed by atoms with Crippen LogP contribution in [0.4, 0.5) is 0 Å². The van der Waals surface area contributed by atoms with Gasteiger partial charge in [-0.1, -0.05) is 11.1 Å². The SMILES string of the molecule is CC(=O)c1ccc(OCC=C(C)C)cc1O.CC(=O)c1ccc(OCC=C(C)C)cc1O. The van der Waals surface area contributed by atoms with Gasteiger partial charge >= 0.3 is 0 Å². The molecule has 0 unspecified atom stereocenters. The van der Waals surface area contributed by atoms with E-state index >= 15 is 0 Å². The van der Waals surface area contributed by atoms with Crippen molar-refractivity contribution < 1.29 is 29.3 Å². The molecule has 2 N–H and O–H groups in total. The molecule has 6 nitrogen and oxygen atoms in total. The molecule has 2 rings (SSSR count). The molecule has 0 aliphatic carbocycles. The zero-order valence-corrected chi connectivity index (χ0v) is 19.6. The summed E-state index contributed by atoms with van der Waals surface area (Å²) in [6.45, 7) is 11.7. The molecule has 0 aromatic heterocycles. The van der Waals surface area contributed by atoms with Crippen LogP contribution >= 0.6 is 0 Å². The molecule has 0 aliphatic heterocycles. The summed E-state index contributed by atoms with van der Waals surface area (Å²) in [5.41, 5.74) is 2.97. The van der Waals surface area contributed by atoms with E-state index in [1.165, 1.54) is 37.1 Å². The van der Waals surface area contributed by atoms with Crippen LogP contribution in [-0.4, -0.2) is 35.0 Å². The van der Waals surface area contributed by atoms with Crippen molar-refractivity contribution in [2.75, 3.05) is 13.2 Å². The summed E-state index contributed by atoms with van der Waals surface area (Å²) in [5, 5.41) is 19.1. The number of ketones is 2. The van der Waals surface area contributed by atoms with Crippen LogP contribution in [0.25, 0.3) is 0 Å². The quantitative estimate of drug-likeness (QED) is 0.393. The smallest absolute Gasteiger partial charge is 0.163 e. The Morgan fingerprint density at radius 2 is 1.03 bits per heavy atom. The first kappa shape index (κ1) is 26.5. The lowest BCUT2D eigenvalue weighted by molar-refractivity contribution is 0.100. The fourth-order valence-electron chi connectivity index (χ4n) is 2.41. The van der Waals surface area contributed by atoms with E-state index in [4.69, 9.17) is 9.47 Å². The zero-order chi connectivity index (χ0) is 24.3. The number of phenolic OH excluding ortho intramolecular Hbond substituents is 2. The Bertz CT molecular complexity index is 912. The van der Waals surface area contributed by atoms with E-state index in [2.05, 4.69) is 0 Å². The molecule has 0 radical (unpaired) electrons. The summed E-state index contributed by atoms with van der Waals surface area (Å²) < 4.78 is 10.8. The molecule has 32 heavy (non-hydrogen) atoms. The molecular formula is C26H32O6. The Kier molecular flexibility index (Phi) is 10.8. The molecule has 6 heteroatoms. The van der Waals surface area contributed by atoms with Crippen LogP contribution in [-0.2, 0) is 0 Å². The molecule has 0 heterocycles. The minimum Gasteiger partial charge on any atom is -0.507 e. The van der Waals surface area contributed by atoms with Gasteiger partial charge in [0.15, 0.2) is 11.6 Å². The van der Waals surface area contributed by atoms with E-state index in [0.717, 1.165) is 0 Å². The van der Waals surface area contributed by atoms with E-state index in [1.54, 1.807) is 24.3 Å². The molecule has 2 aromatic rings. The number of hydrogen-bond acceptors (Lipinski definition) is 6. The first-order chi connectivity index (χ1) is 15.0. The van der Waals surface area contributed by atoms with E-state index < -0.39 is 0 Å². The van der Waals surface area contributed by atoms with E-state index in [9.17, 15) is 19.8 Å². The molecule has 0 aliphatic rings. The number of Topliss-reactive ketones (excluding diaryl/α,β-unsaturated/α-hetero) is 2. The van der Waals surface area contributed by atoms with Crippen molar-refractivity contribution >= 4 is 11.6 Å². The maximum absolute atomic E-state index is 11.1. The van der Waals surface area contributed by atoms with Crippen LogP contribution in [0.2, 0.25) is 0 Å².